The van der Waals surface area contributed by atoms with Gasteiger partial charge in [-0.1, -0.05) is 13.8 Å². The number of ether oxygens (including phenoxy) is 2. The first-order valence-corrected chi connectivity index (χ1v) is 6.97. The number of rotatable bonds is 1. The average Bonchev–Trinajstić information content (AvgIpc) is 2.71. The molecule has 0 amide bonds. The average molecular weight is 224 g/mol. The Bertz CT molecular complexity index is 247. The summed E-state index contributed by atoms with van der Waals surface area (Å²) < 4.78 is 11.3. The maximum Gasteiger partial charge on any atom is 0.147 e. The van der Waals surface area contributed by atoms with E-state index in [9.17, 15) is 0 Å². The molecule has 3 rings (SSSR count). The van der Waals surface area contributed by atoms with Crippen LogP contribution in [0.5, 0.6) is 0 Å². The summed E-state index contributed by atoms with van der Waals surface area (Å²) in [5.41, 5.74) is 0. The van der Waals surface area contributed by atoms with Gasteiger partial charge in [-0.25, -0.2) is 0 Å². The quantitative estimate of drug-likeness (QED) is 0.681. The van der Waals surface area contributed by atoms with Gasteiger partial charge in [-0.15, -0.1) is 0 Å². The van der Waals surface area contributed by atoms with Gasteiger partial charge in [-0.05, 0) is 55.8 Å². The van der Waals surface area contributed by atoms with Crippen molar-refractivity contribution in [3.63, 3.8) is 0 Å². The Labute approximate surface area is 98.7 Å². The molecule has 5 unspecified atom stereocenters. The topological polar surface area (TPSA) is 18.5 Å². The molecule has 2 heteroatoms. The van der Waals surface area contributed by atoms with Crippen molar-refractivity contribution in [2.45, 2.75) is 58.2 Å². The van der Waals surface area contributed by atoms with E-state index in [1.807, 2.05) is 0 Å². The summed E-state index contributed by atoms with van der Waals surface area (Å²) in [5, 5.41) is 0. The van der Waals surface area contributed by atoms with E-state index in [4.69, 9.17) is 9.47 Å². The molecule has 1 saturated heterocycles. The fourth-order valence-electron chi connectivity index (χ4n) is 4.03. The van der Waals surface area contributed by atoms with Crippen LogP contribution in [0.1, 0.15) is 46.0 Å². The molecule has 3 aliphatic rings. The minimum atomic E-state index is 0.423. The molecule has 0 aromatic carbocycles. The zero-order chi connectivity index (χ0) is 11.1. The standard InChI is InChI=1S/C14H24O2/c1-9(2)10-3-4-11-6-13-14(16-8-15-13)7-12(11)5-10/h9-14H,3-8H2,1-2H3. The molecule has 1 aliphatic heterocycles. The van der Waals surface area contributed by atoms with Gasteiger partial charge in [-0.2, -0.15) is 0 Å². The van der Waals surface area contributed by atoms with Crippen LogP contribution < -0.4 is 0 Å². The summed E-state index contributed by atoms with van der Waals surface area (Å²) in [7, 11) is 0. The van der Waals surface area contributed by atoms with E-state index in [1.165, 1.54) is 32.1 Å². The molecule has 3 fully saturated rings. The molecule has 0 N–H and O–H groups in total. The Balaban J connectivity index is 1.65. The summed E-state index contributed by atoms with van der Waals surface area (Å²) in [5.74, 6) is 3.67. The van der Waals surface area contributed by atoms with Crippen LogP contribution in [-0.2, 0) is 9.47 Å². The molecule has 0 spiro atoms. The van der Waals surface area contributed by atoms with E-state index in [-0.39, 0.29) is 0 Å². The second-order valence-electron chi connectivity index (χ2n) is 6.34. The Morgan fingerprint density at radius 2 is 1.56 bits per heavy atom. The van der Waals surface area contributed by atoms with Crippen LogP contribution in [0.15, 0.2) is 0 Å². The predicted molar refractivity (Wildman–Crippen MR) is 63.0 cm³/mol. The van der Waals surface area contributed by atoms with Crippen molar-refractivity contribution in [1.82, 2.24) is 0 Å². The summed E-state index contributed by atoms with van der Waals surface area (Å²) in [4.78, 5) is 0. The zero-order valence-electron chi connectivity index (χ0n) is 10.5. The van der Waals surface area contributed by atoms with Crippen LogP contribution in [-0.4, -0.2) is 19.0 Å². The van der Waals surface area contributed by atoms with Gasteiger partial charge >= 0.3 is 0 Å². The predicted octanol–water partition coefficient (Wildman–Crippen LogP) is 3.21. The van der Waals surface area contributed by atoms with E-state index in [1.54, 1.807) is 0 Å². The maximum atomic E-state index is 5.68. The lowest BCUT2D eigenvalue weighted by Crippen LogP contribution is -2.40. The fraction of sp³-hybridized carbons (Fsp3) is 1.00. The highest BCUT2D eigenvalue weighted by atomic mass is 16.7. The van der Waals surface area contributed by atoms with Crippen LogP contribution >= 0.6 is 0 Å². The van der Waals surface area contributed by atoms with E-state index < -0.39 is 0 Å². The van der Waals surface area contributed by atoms with Crippen LogP contribution in [0.3, 0.4) is 0 Å². The first kappa shape index (κ1) is 11.0. The van der Waals surface area contributed by atoms with Gasteiger partial charge in [0.1, 0.15) is 6.79 Å². The molecule has 0 radical (unpaired) electrons. The lowest BCUT2D eigenvalue weighted by atomic mass is 9.64. The Morgan fingerprint density at radius 1 is 0.875 bits per heavy atom. The molecule has 2 saturated carbocycles. The highest BCUT2D eigenvalue weighted by Gasteiger charge is 2.43. The van der Waals surface area contributed by atoms with Gasteiger partial charge in [-0.3, -0.25) is 0 Å². The largest absolute Gasteiger partial charge is 0.349 e. The Kier molecular flexibility index (Phi) is 2.97. The van der Waals surface area contributed by atoms with Gasteiger partial charge in [0.05, 0.1) is 12.2 Å². The van der Waals surface area contributed by atoms with Crippen molar-refractivity contribution in [2.75, 3.05) is 6.79 Å². The molecule has 0 aromatic rings. The lowest BCUT2D eigenvalue weighted by molar-refractivity contribution is 0.00656. The molecule has 2 aliphatic carbocycles. The van der Waals surface area contributed by atoms with Crippen LogP contribution in [0.2, 0.25) is 0 Å². The van der Waals surface area contributed by atoms with Gasteiger partial charge < -0.3 is 9.47 Å². The lowest BCUT2D eigenvalue weighted by Gasteiger charge is -2.43. The molecule has 0 aromatic heterocycles. The molecule has 2 nitrogen and oxygen atoms in total. The second kappa shape index (κ2) is 4.30. The molecule has 5 atom stereocenters. The van der Waals surface area contributed by atoms with Crippen LogP contribution in [0, 0.1) is 23.7 Å². The third kappa shape index (κ3) is 1.91. The van der Waals surface area contributed by atoms with Gasteiger partial charge in [0.2, 0.25) is 0 Å². The van der Waals surface area contributed by atoms with Crippen molar-refractivity contribution in [1.29, 1.82) is 0 Å². The van der Waals surface area contributed by atoms with E-state index >= 15 is 0 Å². The van der Waals surface area contributed by atoms with Gasteiger partial charge in [0.25, 0.3) is 0 Å². The van der Waals surface area contributed by atoms with Crippen molar-refractivity contribution >= 4 is 0 Å². The summed E-state index contributed by atoms with van der Waals surface area (Å²) in [6, 6.07) is 0. The van der Waals surface area contributed by atoms with E-state index in [0.29, 0.717) is 19.0 Å². The number of hydrogen-bond donors (Lipinski definition) is 0. The monoisotopic (exact) mass is 224 g/mol. The molecule has 0 bridgehead atoms. The highest BCUT2D eigenvalue weighted by molar-refractivity contribution is 4.92. The zero-order valence-corrected chi connectivity index (χ0v) is 10.5. The SMILES string of the molecule is CC(C)C1CCC2CC3OCOC3CC2C1. The third-order valence-electron chi connectivity index (χ3n) is 5.17. The van der Waals surface area contributed by atoms with Crippen LogP contribution in [0.25, 0.3) is 0 Å². The summed E-state index contributed by atoms with van der Waals surface area (Å²) in [6.45, 7) is 5.31. The van der Waals surface area contributed by atoms with Crippen molar-refractivity contribution in [3.05, 3.63) is 0 Å². The molecule has 1 heterocycles. The van der Waals surface area contributed by atoms with Crippen molar-refractivity contribution < 1.29 is 9.47 Å². The Hall–Kier alpha value is -0.0800. The van der Waals surface area contributed by atoms with Crippen LogP contribution in [0.4, 0.5) is 0 Å². The molecule has 92 valence electrons. The highest BCUT2D eigenvalue weighted by Crippen LogP contribution is 2.46. The first-order chi connectivity index (χ1) is 7.74. The van der Waals surface area contributed by atoms with Gasteiger partial charge in [0, 0.05) is 0 Å². The molecular weight excluding hydrogens is 200 g/mol. The minimum absolute atomic E-state index is 0.423. The Morgan fingerprint density at radius 3 is 2.25 bits per heavy atom. The minimum Gasteiger partial charge on any atom is -0.349 e. The van der Waals surface area contributed by atoms with Crippen molar-refractivity contribution in [3.8, 4) is 0 Å². The second-order valence-corrected chi connectivity index (χ2v) is 6.34. The third-order valence-corrected chi connectivity index (χ3v) is 5.17. The first-order valence-electron chi connectivity index (χ1n) is 6.97. The van der Waals surface area contributed by atoms with Crippen molar-refractivity contribution in [2.24, 2.45) is 23.7 Å². The maximum absolute atomic E-state index is 5.68. The van der Waals surface area contributed by atoms with Gasteiger partial charge in [0.15, 0.2) is 0 Å². The van der Waals surface area contributed by atoms with E-state index in [2.05, 4.69) is 13.8 Å². The molecular formula is C14H24O2. The number of fused-ring (bicyclic) bond motifs is 2. The normalized spacial score (nSPS) is 47.8. The molecule has 16 heavy (non-hydrogen) atoms. The fourth-order valence-corrected chi connectivity index (χ4v) is 4.03. The smallest absolute Gasteiger partial charge is 0.147 e. The van der Waals surface area contributed by atoms with E-state index in [0.717, 1.165) is 23.7 Å². The summed E-state index contributed by atoms with van der Waals surface area (Å²) >= 11 is 0. The number of hydrogen-bond acceptors (Lipinski definition) is 2. The summed E-state index contributed by atoms with van der Waals surface area (Å²) in [6.07, 6.45) is 7.69.